The molecule has 1 aromatic carbocycles. The molecule has 0 radical (unpaired) electrons. The quantitative estimate of drug-likeness (QED) is 0.743. The van der Waals surface area contributed by atoms with E-state index in [0.717, 1.165) is 35.4 Å². The number of hydrogen-bond acceptors (Lipinski definition) is 6. The van der Waals surface area contributed by atoms with Crippen molar-refractivity contribution in [1.29, 1.82) is 0 Å². The number of nitrogens with zero attached hydrogens (tertiary/aromatic N) is 4. The van der Waals surface area contributed by atoms with E-state index in [4.69, 9.17) is 14.7 Å². The van der Waals surface area contributed by atoms with Crippen molar-refractivity contribution in [2.75, 3.05) is 31.1 Å². The van der Waals surface area contributed by atoms with Gasteiger partial charge in [0.1, 0.15) is 11.9 Å². The molecule has 0 bridgehead atoms. The summed E-state index contributed by atoms with van der Waals surface area (Å²) in [5.41, 5.74) is 2.69. The first-order chi connectivity index (χ1) is 15.9. The molecule has 1 aromatic heterocycles. The second-order valence-corrected chi connectivity index (χ2v) is 9.18. The number of aliphatic hydroxyl groups excluding tert-OH is 1. The number of amides is 1. The maximum absolute atomic E-state index is 14.0. The fourth-order valence-corrected chi connectivity index (χ4v) is 4.81. The highest BCUT2D eigenvalue weighted by Gasteiger charge is 2.42. The number of fused-ring (bicyclic) bond motifs is 1. The lowest BCUT2D eigenvalue weighted by atomic mass is 10.1. The molecule has 1 saturated carbocycles. The molecule has 5 rings (SSSR count). The Morgan fingerprint density at radius 2 is 1.97 bits per heavy atom. The van der Waals surface area contributed by atoms with E-state index in [1.54, 1.807) is 11.8 Å². The molecule has 0 spiro atoms. The van der Waals surface area contributed by atoms with Gasteiger partial charge < -0.3 is 19.6 Å². The molecule has 1 aliphatic carbocycles. The summed E-state index contributed by atoms with van der Waals surface area (Å²) in [4.78, 5) is 25.8. The average Bonchev–Trinajstić information content (AvgIpc) is 3.60. The van der Waals surface area contributed by atoms with Gasteiger partial charge >= 0.3 is 0 Å². The smallest absolute Gasteiger partial charge is 0.219 e. The van der Waals surface area contributed by atoms with Gasteiger partial charge in [0.2, 0.25) is 5.91 Å². The summed E-state index contributed by atoms with van der Waals surface area (Å²) in [6.07, 6.45) is 2.76. The van der Waals surface area contributed by atoms with Crippen LogP contribution in [-0.2, 0) is 17.8 Å². The standard InChI is InChI=1S/C24H28F2N4O3/c1-14(32)30-9-6-20-21(12-30)27-23(18-10-15(18)13-31)24(28-20)29-7-4-17(5-8-29)33-22-3-2-16(25)11-19(22)26/h2-3,11,15,17-18,31H,4-10,12-13H2,1H3. The van der Waals surface area contributed by atoms with E-state index in [-0.39, 0.29) is 36.2 Å². The summed E-state index contributed by atoms with van der Waals surface area (Å²) in [6.45, 7) is 4.17. The highest BCUT2D eigenvalue weighted by Crippen LogP contribution is 2.49. The van der Waals surface area contributed by atoms with Crippen LogP contribution in [-0.4, -0.2) is 58.2 Å². The number of hydrogen-bond donors (Lipinski definition) is 1. The number of anilines is 1. The van der Waals surface area contributed by atoms with Crippen LogP contribution in [0.25, 0.3) is 0 Å². The molecule has 2 atom stereocenters. The fraction of sp³-hybridized carbons (Fsp3) is 0.542. The van der Waals surface area contributed by atoms with Crippen molar-refractivity contribution in [3.05, 3.63) is 46.9 Å². The molecule has 176 valence electrons. The maximum Gasteiger partial charge on any atom is 0.219 e. The van der Waals surface area contributed by atoms with E-state index in [1.165, 1.54) is 12.1 Å². The minimum atomic E-state index is -0.691. The van der Waals surface area contributed by atoms with Gasteiger partial charge in [0.05, 0.1) is 23.6 Å². The molecular formula is C24H28F2N4O3. The summed E-state index contributed by atoms with van der Waals surface area (Å²) in [5, 5.41) is 9.62. The Morgan fingerprint density at radius 1 is 1.18 bits per heavy atom. The Morgan fingerprint density at radius 3 is 2.64 bits per heavy atom. The Balaban J connectivity index is 1.33. The van der Waals surface area contributed by atoms with Gasteiger partial charge in [-0.3, -0.25) is 4.79 Å². The molecule has 1 amide bonds. The van der Waals surface area contributed by atoms with Gasteiger partial charge in [0.15, 0.2) is 17.4 Å². The lowest BCUT2D eigenvalue weighted by Gasteiger charge is -2.35. The predicted octanol–water partition coefficient (Wildman–Crippen LogP) is 2.80. The van der Waals surface area contributed by atoms with Crippen molar-refractivity contribution in [3.63, 3.8) is 0 Å². The summed E-state index contributed by atoms with van der Waals surface area (Å²) in [5.74, 6) is 0.0286. The van der Waals surface area contributed by atoms with Crippen molar-refractivity contribution in [2.45, 2.75) is 51.2 Å². The third kappa shape index (κ3) is 4.51. The zero-order chi connectivity index (χ0) is 23.1. The van der Waals surface area contributed by atoms with Crippen LogP contribution in [0.1, 0.15) is 49.2 Å². The monoisotopic (exact) mass is 458 g/mol. The third-order valence-corrected chi connectivity index (χ3v) is 6.90. The van der Waals surface area contributed by atoms with E-state index < -0.39 is 11.6 Å². The number of ether oxygens (including phenoxy) is 1. The van der Waals surface area contributed by atoms with Crippen molar-refractivity contribution >= 4 is 11.7 Å². The van der Waals surface area contributed by atoms with Gasteiger partial charge in [0, 0.05) is 64.4 Å². The van der Waals surface area contributed by atoms with Gasteiger partial charge in [-0.05, 0) is 24.5 Å². The first-order valence-corrected chi connectivity index (χ1v) is 11.6. The first-order valence-electron chi connectivity index (χ1n) is 11.6. The van der Waals surface area contributed by atoms with Crippen LogP contribution in [0.15, 0.2) is 18.2 Å². The van der Waals surface area contributed by atoms with Crippen LogP contribution >= 0.6 is 0 Å². The van der Waals surface area contributed by atoms with Crippen molar-refractivity contribution in [1.82, 2.24) is 14.9 Å². The van der Waals surface area contributed by atoms with E-state index in [9.17, 15) is 18.7 Å². The summed E-state index contributed by atoms with van der Waals surface area (Å²) in [7, 11) is 0. The maximum atomic E-state index is 14.0. The minimum absolute atomic E-state index is 0.0346. The first kappa shape index (κ1) is 22.0. The number of rotatable bonds is 5. The Kier molecular flexibility index (Phi) is 5.90. The molecule has 9 heteroatoms. The molecule has 2 aliphatic heterocycles. The Bertz CT molecular complexity index is 1060. The topological polar surface area (TPSA) is 78.8 Å². The Hall–Kier alpha value is -2.81. The molecule has 1 N–H and O–H groups in total. The minimum Gasteiger partial charge on any atom is -0.487 e. The summed E-state index contributed by atoms with van der Waals surface area (Å²) >= 11 is 0. The van der Waals surface area contributed by atoms with E-state index in [2.05, 4.69) is 4.90 Å². The number of piperidine rings is 1. The van der Waals surface area contributed by atoms with Crippen molar-refractivity contribution in [3.8, 4) is 5.75 Å². The van der Waals surface area contributed by atoms with Crippen LogP contribution in [0, 0.1) is 17.6 Å². The fourth-order valence-electron chi connectivity index (χ4n) is 4.81. The van der Waals surface area contributed by atoms with Gasteiger partial charge in [0.25, 0.3) is 0 Å². The molecule has 3 aliphatic rings. The van der Waals surface area contributed by atoms with Gasteiger partial charge in [-0.1, -0.05) is 0 Å². The van der Waals surface area contributed by atoms with E-state index >= 15 is 0 Å². The highest BCUT2D eigenvalue weighted by molar-refractivity contribution is 5.73. The number of aliphatic hydroxyl groups is 1. The number of halogens is 2. The van der Waals surface area contributed by atoms with Gasteiger partial charge in [-0.15, -0.1) is 0 Å². The van der Waals surface area contributed by atoms with Crippen LogP contribution in [0.4, 0.5) is 14.6 Å². The highest BCUT2D eigenvalue weighted by atomic mass is 19.1. The molecule has 7 nitrogen and oxygen atoms in total. The van der Waals surface area contributed by atoms with Crippen molar-refractivity contribution in [2.24, 2.45) is 5.92 Å². The molecule has 1 saturated heterocycles. The second kappa shape index (κ2) is 8.85. The molecule has 2 aromatic rings. The average molecular weight is 459 g/mol. The summed E-state index contributed by atoms with van der Waals surface area (Å²) < 4.78 is 32.9. The van der Waals surface area contributed by atoms with Crippen LogP contribution in [0.3, 0.4) is 0 Å². The van der Waals surface area contributed by atoms with Crippen molar-refractivity contribution < 1.29 is 23.4 Å². The molecule has 2 unspecified atom stereocenters. The largest absolute Gasteiger partial charge is 0.487 e. The van der Waals surface area contributed by atoms with E-state index in [1.807, 2.05) is 0 Å². The van der Waals surface area contributed by atoms with Gasteiger partial charge in [-0.2, -0.15) is 0 Å². The lowest BCUT2D eigenvalue weighted by Crippen LogP contribution is -2.40. The summed E-state index contributed by atoms with van der Waals surface area (Å²) in [6, 6.07) is 3.36. The third-order valence-electron chi connectivity index (χ3n) is 6.90. The SMILES string of the molecule is CC(=O)N1CCc2nc(N3CCC(Oc4ccc(F)cc4F)CC3)c(C3CC3CO)nc2C1. The van der Waals surface area contributed by atoms with Crippen LogP contribution in [0.2, 0.25) is 0 Å². The predicted molar refractivity (Wildman–Crippen MR) is 117 cm³/mol. The van der Waals surface area contributed by atoms with Crippen LogP contribution < -0.4 is 9.64 Å². The number of carbonyl (C=O) groups excluding carboxylic acids is 1. The number of aromatic nitrogens is 2. The Labute approximate surface area is 191 Å². The molecule has 2 fully saturated rings. The van der Waals surface area contributed by atoms with E-state index in [0.29, 0.717) is 45.4 Å². The van der Waals surface area contributed by atoms with Crippen LogP contribution in [0.5, 0.6) is 5.75 Å². The molecule has 3 heterocycles. The molecule has 33 heavy (non-hydrogen) atoms. The number of benzene rings is 1. The van der Waals surface area contributed by atoms with Gasteiger partial charge in [-0.25, -0.2) is 18.7 Å². The lowest BCUT2D eigenvalue weighted by molar-refractivity contribution is -0.129. The molecular weight excluding hydrogens is 430 g/mol. The second-order valence-electron chi connectivity index (χ2n) is 9.18. The normalized spacial score (nSPS) is 22.8. The zero-order valence-corrected chi connectivity index (χ0v) is 18.6. The number of carbonyl (C=O) groups is 1. The zero-order valence-electron chi connectivity index (χ0n) is 18.6.